The van der Waals surface area contributed by atoms with E-state index >= 15 is 0 Å². The van der Waals surface area contributed by atoms with Crippen LogP contribution in [0, 0.1) is 5.41 Å². The first-order valence-electron chi connectivity index (χ1n) is 8.39. The molecule has 0 atom stereocenters. The van der Waals surface area contributed by atoms with Crippen molar-refractivity contribution in [1.29, 1.82) is 0 Å². The van der Waals surface area contributed by atoms with Crippen molar-refractivity contribution < 1.29 is 4.57 Å². The third-order valence-electron chi connectivity index (χ3n) is 5.53. The van der Waals surface area contributed by atoms with Crippen LogP contribution < -0.4 is 4.57 Å². The Balaban J connectivity index is 1.83. The fraction of sp³-hybridized carbons (Fsp3) is 0.450. The summed E-state index contributed by atoms with van der Waals surface area (Å²) in [6.07, 6.45) is 11.8. The van der Waals surface area contributed by atoms with Crippen LogP contribution in [-0.2, 0) is 19.4 Å². The minimum absolute atomic E-state index is 0.498. The van der Waals surface area contributed by atoms with Gasteiger partial charge in [0.05, 0.1) is 0 Å². The largest absolute Gasteiger partial charge is 0.198 e. The second kappa shape index (κ2) is 5.29. The van der Waals surface area contributed by atoms with Crippen LogP contribution in [0.3, 0.4) is 0 Å². The van der Waals surface area contributed by atoms with Crippen LogP contribution >= 0.6 is 0 Å². The van der Waals surface area contributed by atoms with Gasteiger partial charge in [-0.1, -0.05) is 49.6 Å². The van der Waals surface area contributed by atoms with E-state index in [1.807, 2.05) is 0 Å². The number of hydrogen-bond donors (Lipinski definition) is 0. The van der Waals surface area contributed by atoms with E-state index in [0.29, 0.717) is 5.41 Å². The standard InChI is InChI=1S/C20H24N/c1-5-11-20(12-6-1)14-17-8-2-3-9-18(17)16-21-13-7-4-10-19(21)15-20/h2-4,7-10,13H,1,5-6,11-12,14-16H2/q+1. The van der Waals surface area contributed by atoms with Crippen molar-refractivity contribution >= 4 is 0 Å². The molecule has 0 bridgehead atoms. The minimum Gasteiger partial charge on any atom is -0.198 e. The predicted octanol–water partition coefficient (Wildman–Crippen LogP) is 4.07. The second-order valence-corrected chi connectivity index (χ2v) is 7.00. The molecule has 0 N–H and O–H groups in total. The predicted molar refractivity (Wildman–Crippen MR) is 85.1 cm³/mol. The van der Waals surface area contributed by atoms with Gasteiger partial charge in [0.25, 0.3) is 0 Å². The second-order valence-electron chi connectivity index (χ2n) is 7.00. The number of benzene rings is 1. The number of aromatic nitrogens is 1. The maximum absolute atomic E-state index is 2.47. The lowest BCUT2D eigenvalue weighted by Gasteiger charge is -2.38. The third kappa shape index (κ3) is 2.50. The fourth-order valence-corrected chi connectivity index (χ4v) is 4.40. The zero-order valence-electron chi connectivity index (χ0n) is 12.7. The maximum Gasteiger partial charge on any atom is 0.182 e. The highest BCUT2D eigenvalue weighted by molar-refractivity contribution is 5.29. The van der Waals surface area contributed by atoms with Crippen LogP contribution in [0.1, 0.15) is 48.9 Å². The van der Waals surface area contributed by atoms with Gasteiger partial charge in [-0.3, -0.25) is 0 Å². The molecule has 1 aromatic carbocycles. The molecule has 1 heteroatoms. The molecular weight excluding hydrogens is 254 g/mol. The van der Waals surface area contributed by atoms with Gasteiger partial charge < -0.3 is 0 Å². The Bertz CT molecular complexity index is 588. The number of hydrogen-bond acceptors (Lipinski definition) is 0. The van der Waals surface area contributed by atoms with Gasteiger partial charge in [-0.25, -0.2) is 0 Å². The summed E-state index contributed by atoms with van der Waals surface area (Å²) in [4.78, 5) is 0. The number of fused-ring (bicyclic) bond motifs is 2. The summed E-state index contributed by atoms with van der Waals surface area (Å²) in [6.45, 7) is 1.03. The Morgan fingerprint density at radius 2 is 1.52 bits per heavy atom. The maximum atomic E-state index is 2.47. The lowest BCUT2D eigenvalue weighted by Crippen LogP contribution is -2.44. The Kier molecular flexibility index (Phi) is 3.29. The molecule has 0 saturated heterocycles. The molecule has 21 heavy (non-hydrogen) atoms. The fourth-order valence-electron chi connectivity index (χ4n) is 4.40. The third-order valence-corrected chi connectivity index (χ3v) is 5.53. The summed E-state index contributed by atoms with van der Waals surface area (Å²) < 4.78 is 2.47. The van der Waals surface area contributed by atoms with Crippen LogP contribution in [0.15, 0.2) is 48.7 Å². The molecule has 2 aliphatic rings. The summed E-state index contributed by atoms with van der Waals surface area (Å²) in [6, 6.07) is 15.8. The molecule has 1 aromatic heterocycles. The molecule has 0 unspecified atom stereocenters. The van der Waals surface area contributed by atoms with Crippen molar-refractivity contribution in [2.75, 3.05) is 0 Å². The summed E-state index contributed by atoms with van der Waals surface area (Å²) in [5.74, 6) is 0. The van der Waals surface area contributed by atoms with Gasteiger partial charge in [-0.15, -0.1) is 0 Å². The molecule has 0 amide bonds. The summed E-state index contributed by atoms with van der Waals surface area (Å²) in [7, 11) is 0. The van der Waals surface area contributed by atoms with E-state index in [4.69, 9.17) is 0 Å². The quantitative estimate of drug-likeness (QED) is 0.640. The van der Waals surface area contributed by atoms with Gasteiger partial charge in [-0.2, -0.15) is 4.57 Å². The van der Waals surface area contributed by atoms with E-state index in [2.05, 4.69) is 53.2 Å². The topological polar surface area (TPSA) is 3.88 Å². The normalized spacial score (nSPS) is 20.2. The van der Waals surface area contributed by atoms with Gasteiger partial charge in [0.1, 0.15) is 0 Å². The minimum atomic E-state index is 0.498. The summed E-state index contributed by atoms with van der Waals surface area (Å²) in [5.41, 5.74) is 5.12. The Morgan fingerprint density at radius 1 is 0.762 bits per heavy atom. The number of rotatable bonds is 0. The van der Waals surface area contributed by atoms with Crippen LogP contribution in [0.25, 0.3) is 0 Å². The lowest BCUT2D eigenvalue weighted by atomic mass is 9.67. The van der Waals surface area contributed by atoms with Gasteiger partial charge >= 0.3 is 0 Å². The molecule has 108 valence electrons. The Hall–Kier alpha value is -1.63. The zero-order valence-corrected chi connectivity index (χ0v) is 12.7. The SMILES string of the molecule is c1ccc2c(c1)C[n+]1ccccc1CC1(CCCCC1)C2. The molecule has 2 aromatic rings. The molecule has 1 aliphatic carbocycles. The van der Waals surface area contributed by atoms with E-state index in [9.17, 15) is 0 Å². The van der Waals surface area contributed by atoms with Crippen molar-refractivity contribution in [2.45, 2.75) is 51.5 Å². The van der Waals surface area contributed by atoms with E-state index < -0.39 is 0 Å². The average Bonchev–Trinajstić information content (AvgIpc) is 2.50. The number of nitrogens with zero attached hydrogens (tertiary/aromatic N) is 1. The molecular formula is C20H24N+. The zero-order chi connectivity index (χ0) is 14.1. The van der Waals surface area contributed by atoms with Crippen LogP contribution in [0.2, 0.25) is 0 Å². The first-order valence-corrected chi connectivity index (χ1v) is 8.39. The summed E-state index contributed by atoms with van der Waals surface area (Å²) in [5, 5.41) is 0. The van der Waals surface area contributed by atoms with Crippen molar-refractivity contribution in [2.24, 2.45) is 5.41 Å². The van der Waals surface area contributed by atoms with Gasteiger partial charge in [0.2, 0.25) is 0 Å². The van der Waals surface area contributed by atoms with E-state index in [-0.39, 0.29) is 0 Å². The van der Waals surface area contributed by atoms with E-state index in [1.54, 1.807) is 5.56 Å². The van der Waals surface area contributed by atoms with Crippen LogP contribution in [0.4, 0.5) is 0 Å². The Morgan fingerprint density at radius 3 is 2.38 bits per heavy atom. The molecule has 4 rings (SSSR count). The van der Waals surface area contributed by atoms with Crippen LogP contribution in [0.5, 0.6) is 0 Å². The highest BCUT2D eigenvalue weighted by atomic mass is 15.0. The highest BCUT2D eigenvalue weighted by Gasteiger charge is 2.37. The van der Waals surface area contributed by atoms with Gasteiger partial charge in [0.15, 0.2) is 18.4 Å². The summed E-state index contributed by atoms with van der Waals surface area (Å²) >= 11 is 0. The van der Waals surface area contributed by atoms with Crippen molar-refractivity contribution in [3.63, 3.8) is 0 Å². The van der Waals surface area contributed by atoms with Crippen molar-refractivity contribution in [3.05, 3.63) is 65.5 Å². The molecule has 0 radical (unpaired) electrons. The highest BCUT2D eigenvalue weighted by Crippen LogP contribution is 2.42. The molecule has 1 spiro atoms. The van der Waals surface area contributed by atoms with Gasteiger partial charge in [-0.05, 0) is 30.2 Å². The van der Waals surface area contributed by atoms with Crippen molar-refractivity contribution in [3.8, 4) is 0 Å². The first kappa shape index (κ1) is 13.1. The Labute approximate surface area is 127 Å². The molecule has 1 fully saturated rings. The molecule has 2 heterocycles. The van der Waals surface area contributed by atoms with E-state index in [0.717, 1.165) is 6.54 Å². The molecule has 1 aliphatic heterocycles. The van der Waals surface area contributed by atoms with Crippen molar-refractivity contribution in [1.82, 2.24) is 0 Å². The van der Waals surface area contributed by atoms with E-state index in [1.165, 1.54) is 56.2 Å². The lowest BCUT2D eigenvalue weighted by molar-refractivity contribution is -0.696. The monoisotopic (exact) mass is 278 g/mol. The average molecular weight is 278 g/mol. The smallest absolute Gasteiger partial charge is 0.182 e. The number of pyridine rings is 1. The first-order chi connectivity index (χ1) is 10.3. The van der Waals surface area contributed by atoms with Crippen LogP contribution in [-0.4, -0.2) is 0 Å². The van der Waals surface area contributed by atoms with Gasteiger partial charge in [0, 0.05) is 24.1 Å². The molecule has 1 nitrogen and oxygen atoms in total. The molecule has 1 saturated carbocycles.